The molecule has 1 aliphatic heterocycles. The maximum Gasteiger partial charge on any atom is 0.333 e. The second-order valence-electron chi connectivity index (χ2n) is 7.25. The Balaban J connectivity index is 1.36. The second-order valence-corrected chi connectivity index (χ2v) is 8.90. The van der Waals surface area contributed by atoms with E-state index in [9.17, 15) is 13.2 Å². The maximum absolute atomic E-state index is 12.7. The Bertz CT molecular complexity index is 1060. The molecule has 28 heavy (non-hydrogen) atoms. The van der Waals surface area contributed by atoms with Crippen LogP contribution in [0, 0.1) is 0 Å². The first-order valence-electron chi connectivity index (χ1n) is 9.18. The Hall–Kier alpha value is -2.59. The van der Waals surface area contributed by atoms with E-state index < -0.39 is 16.1 Å². The van der Waals surface area contributed by atoms with Gasteiger partial charge < -0.3 is 14.8 Å². The number of rotatable bonds is 4. The number of carbonyl (C=O) groups excluding carboxylic acids is 1. The number of aromatic nitrogens is 2. The van der Waals surface area contributed by atoms with Crippen LogP contribution in [0.4, 0.5) is 10.5 Å². The molecule has 2 aromatic rings. The van der Waals surface area contributed by atoms with Crippen LogP contribution >= 0.6 is 0 Å². The predicted octanol–water partition coefficient (Wildman–Crippen LogP) is 0.998. The fourth-order valence-corrected chi connectivity index (χ4v) is 4.90. The van der Waals surface area contributed by atoms with Crippen LogP contribution in [0.15, 0.2) is 17.2 Å². The minimum Gasteiger partial charge on any atom is -0.474 e. The third-order valence-electron chi connectivity index (χ3n) is 5.65. The van der Waals surface area contributed by atoms with Crippen molar-refractivity contribution in [3.8, 4) is 5.88 Å². The maximum atomic E-state index is 12.7. The summed E-state index contributed by atoms with van der Waals surface area (Å²) in [4.78, 5) is 12.3. The zero-order valence-corrected chi connectivity index (χ0v) is 16.1. The summed E-state index contributed by atoms with van der Waals surface area (Å²) in [6.07, 6.45) is 4.78. The highest BCUT2D eigenvalue weighted by atomic mass is 32.2. The molecular weight excluding hydrogens is 384 g/mol. The molecule has 5 rings (SSSR count). The van der Waals surface area contributed by atoms with Gasteiger partial charge in [-0.1, -0.05) is 6.07 Å². The van der Waals surface area contributed by atoms with Gasteiger partial charge in [0.2, 0.25) is 5.88 Å². The molecule has 0 radical (unpaired) electrons. The SMILES string of the molecule is COC1COc2c(S(=O)(=O)NC(=O)Nc3c4c(cc5c3CC5)CC4)cnn2C1. The summed E-state index contributed by atoms with van der Waals surface area (Å²) in [5, 5.41) is 6.80. The van der Waals surface area contributed by atoms with Crippen molar-refractivity contribution in [3.05, 3.63) is 34.5 Å². The molecule has 2 amide bonds. The van der Waals surface area contributed by atoms with Gasteiger partial charge in [0, 0.05) is 12.8 Å². The number of urea groups is 1. The predicted molar refractivity (Wildman–Crippen MR) is 99.1 cm³/mol. The number of anilines is 1. The van der Waals surface area contributed by atoms with Crippen LogP contribution in [0.5, 0.6) is 5.88 Å². The number of ether oxygens (including phenoxy) is 2. The number of nitrogens with zero attached hydrogens (tertiary/aromatic N) is 2. The van der Waals surface area contributed by atoms with E-state index in [1.165, 1.54) is 22.0 Å². The second kappa shape index (κ2) is 6.21. The lowest BCUT2D eigenvalue weighted by molar-refractivity contribution is 0.0165. The van der Waals surface area contributed by atoms with Gasteiger partial charge in [0.05, 0.1) is 12.7 Å². The van der Waals surface area contributed by atoms with Crippen LogP contribution in [0.1, 0.15) is 22.3 Å². The lowest BCUT2D eigenvalue weighted by Crippen LogP contribution is -2.37. The highest BCUT2D eigenvalue weighted by Crippen LogP contribution is 2.40. The summed E-state index contributed by atoms with van der Waals surface area (Å²) >= 11 is 0. The van der Waals surface area contributed by atoms with Crippen LogP contribution in [0.25, 0.3) is 0 Å². The number of benzene rings is 1. The van der Waals surface area contributed by atoms with Gasteiger partial charge in [-0.15, -0.1) is 0 Å². The monoisotopic (exact) mass is 404 g/mol. The molecule has 1 unspecified atom stereocenters. The Morgan fingerprint density at radius 3 is 2.57 bits per heavy atom. The van der Waals surface area contributed by atoms with Crippen molar-refractivity contribution in [2.45, 2.75) is 43.2 Å². The molecule has 1 aromatic carbocycles. The Labute approximate surface area is 162 Å². The zero-order valence-electron chi connectivity index (χ0n) is 15.3. The Morgan fingerprint density at radius 2 is 1.96 bits per heavy atom. The molecule has 1 atom stereocenters. The van der Waals surface area contributed by atoms with Gasteiger partial charge in [0.15, 0.2) is 4.90 Å². The molecule has 0 saturated heterocycles. The fourth-order valence-electron chi connectivity index (χ4n) is 3.91. The van der Waals surface area contributed by atoms with E-state index in [4.69, 9.17) is 9.47 Å². The minimum absolute atomic E-state index is 0.112. The summed E-state index contributed by atoms with van der Waals surface area (Å²) in [6, 6.07) is 1.42. The van der Waals surface area contributed by atoms with Gasteiger partial charge in [-0.05, 0) is 47.9 Å². The van der Waals surface area contributed by atoms with E-state index in [1.807, 2.05) is 0 Å². The molecule has 2 aliphatic carbocycles. The van der Waals surface area contributed by atoms with Crippen molar-refractivity contribution >= 4 is 21.7 Å². The number of fused-ring (bicyclic) bond motifs is 3. The largest absolute Gasteiger partial charge is 0.474 e. The van der Waals surface area contributed by atoms with Crippen LogP contribution in [0.3, 0.4) is 0 Å². The molecular formula is C18H20N4O5S. The van der Waals surface area contributed by atoms with Crippen LogP contribution in [0.2, 0.25) is 0 Å². The van der Waals surface area contributed by atoms with Crippen molar-refractivity contribution in [3.63, 3.8) is 0 Å². The average Bonchev–Trinajstić information content (AvgIpc) is 3.02. The molecule has 2 N–H and O–H groups in total. The first kappa shape index (κ1) is 17.5. The Morgan fingerprint density at radius 1 is 1.25 bits per heavy atom. The van der Waals surface area contributed by atoms with Gasteiger partial charge in [-0.25, -0.2) is 22.6 Å². The van der Waals surface area contributed by atoms with Gasteiger partial charge in [0.25, 0.3) is 10.0 Å². The number of carbonyl (C=O) groups is 1. The van der Waals surface area contributed by atoms with Crippen molar-refractivity contribution in [2.75, 3.05) is 19.0 Å². The van der Waals surface area contributed by atoms with Crippen LogP contribution in [-0.4, -0.2) is 44.1 Å². The third-order valence-corrected chi connectivity index (χ3v) is 6.96. The standard InChI is InChI=1S/C18H20N4O5S/c1-26-12-8-22-17(27-9-12)15(7-19-22)28(24,25)21-18(23)20-16-13-4-2-10(13)6-11-3-5-14(11)16/h6-7,12H,2-5,8-9H2,1H3,(H2,20,21,23). The molecule has 0 fully saturated rings. The summed E-state index contributed by atoms with van der Waals surface area (Å²) < 4.78 is 39.6. The van der Waals surface area contributed by atoms with Crippen LogP contribution < -0.4 is 14.8 Å². The van der Waals surface area contributed by atoms with Gasteiger partial charge >= 0.3 is 6.03 Å². The van der Waals surface area contributed by atoms with Gasteiger partial charge in [0.1, 0.15) is 12.7 Å². The molecule has 3 aliphatic rings. The number of nitrogens with one attached hydrogen (secondary N) is 2. The summed E-state index contributed by atoms with van der Waals surface area (Å²) in [5.74, 6) is 0.112. The topological polar surface area (TPSA) is 112 Å². The smallest absolute Gasteiger partial charge is 0.333 e. The van der Waals surface area contributed by atoms with E-state index in [2.05, 4.69) is 21.2 Å². The van der Waals surface area contributed by atoms with E-state index in [0.717, 1.165) is 42.5 Å². The zero-order chi connectivity index (χ0) is 19.5. The van der Waals surface area contributed by atoms with Crippen molar-refractivity contribution in [2.24, 2.45) is 0 Å². The highest BCUT2D eigenvalue weighted by molar-refractivity contribution is 7.90. The van der Waals surface area contributed by atoms with E-state index >= 15 is 0 Å². The first-order chi connectivity index (χ1) is 13.5. The molecule has 0 saturated carbocycles. The molecule has 0 bridgehead atoms. The Kier molecular flexibility index (Phi) is 3.88. The summed E-state index contributed by atoms with van der Waals surface area (Å²) in [5.41, 5.74) is 5.48. The van der Waals surface area contributed by atoms with E-state index in [0.29, 0.717) is 6.54 Å². The lowest BCUT2D eigenvalue weighted by Gasteiger charge is -2.32. The molecule has 1 aromatic heterocycles. The minimum atomic E-state index is -4.12. The highest BCUT2D eigenvalue weighted by Gasteiger charge is 2.32. The summed E-state index contributed by atoms with van der Waals surface area (Å²) in [6.45, 7) is 0.606. The number of sulfonamides is 1. The van der Waals surface area contributed by atoms with Crippen molar-refractivity contribution < 1.29 is 22.7 Å². The van der Waals surface area contributed by atoms with E-state index in [1.54, 1.807) is 7.11 Å². The average molecular weight is 404 g/mol. The quantitative estimate of drug-likeness (QED) is 0.786. The van der Waals surface area contributed by atoms with Crippen molar-refractivity contribution in [1.29, 1.82) is 0 Å². The number of hydrogen-bond acceptors (Lipinski definition) is 6. The number of hydrogen-bond donors (Lipinski definition) is 2. The number of aryl methyl sites for hydroxylation is 2. The molecule has 148 valence electrons. The fraction of sp³-hybridized carbons (Fsp3) is 0.444. The summed E-state index contributed by atoms with van der Waals surface area (Å²) in [7, 11) is -2.57. The first-order valence-corrected chi connectivity index (χ1v) is 10.7. The molecule has 2 heterocycles. The van der Waals surface area contributed by atoms with Gasteiger partial charge in [-0.2, -0.15) is 5.10 Å². The molecule has 9 nitrogen and oxygen atoms in total. The lowest BCUT2D eigenvalue weighted by atomic mass is 9.76. The van der Waals surface area contributed by atoms with Crippen LogP contribution in [-0.2, 0) is 47.0 Å². The van der Waals surface area contributed by atoms with Crippen molar-refractivity contribution in [1.82, 2.24) is 14.5 Å². The molecule has 0 spiro atoms. The number of methoxy groups -OCH3 is 1. The normalized spacial score (nSPS) is 19.2. The van der Waals surface area contributed by atoms with E-state index in [-0.39, 0.29) is 23.5 Å². The number of amides is 2. The third kappa shape index (κ3) is 2.67. The molecule has 10 heteroatoms. The van der Waals surface area contributed by atoms with Gasteiger partial charge in [-0.3, -0.25) is 0 Å².